The number of hydrogen-bond donors (Lipinski definition) is 2. The fourth-order valence-corrected chi connectivity index (χ4v) is 6.18. The smallest absolute Gasteiger partial charge is 0.325 e. The summed E-state index contributed by atoms with van der Waals surface area (Å²) in [7, 11) is -3.22. The summed E-state index contributed by atoms with van der Waals surface area (Å²) >= 11 is 0. The SMILES string of the molecule is CCCC[C@]1(c2ccc(F)cc2)NC(=O)N(CC(=O)N[C@]2(C)CCS(=O)(=O)C2)C1=O. The predicted molar refractivity (Wildman–Crippen MR) is 108 cm³/mol. The summed E-state index contributed by atoms with van der Waals surface area (Å²) in [6.45, 7) is 3.06. The van der Waals surface area contributed by atoms with Gasteiger partial charge in [-0.3, -0.25) is 14.5 Å². The Morgan fingerprint density at radius 1 is 1.27 bits per heavy atom. The lowest BCUT2D eigenvalue weighted by Gasteiger charge is -2.28. The van der Waals surface area contributed by atoms with E-state index in [2.05, 4.69) is 10.6 Å². The summed E-state index contributed by atoms with van der Waals surface area (Å²) in [5.41, 5.74) is -1.83. The first-order valence-electron chi connectivity index (χ1n) is 9.92. The maximum Gasteiger partial charge on any atom is 0.325 e. The fourth-order valence-electron chi connectivity index (χ4n) is 4.08. The molecule has 2 heterocycles. The maximum atomic E-state index is 13.4. The van der Waals surface area contributed by atoms with Crippen LogP contribution in [0.4, 0.5) is 9.18 Å². The number of halogens is 1. The van der Waals surface area contributed by atoms with Crippen molar-refractivity contribution >= 4 is 27.7 Å². The third-order valence-corrected chi connectivity index (χ3v) is 7.57. The highest BCUT2D eigenvalue weighted by Crippen LogP contribution is 2.34. The Bertz CT molecular complexity index is 965. The van der Waals surface area contributed by atoms with Crippen molar-refractivity contribution in [1.82, 2.24) is 15.5 Å². The molecule has 3 rings (SSSR count). The van der Waals surface area contributed by atoms with Gasteiger partial charge in [0.25, 0.3) is 5.91 Å². The number of carbonyl (C=O) groups excluding carboxylic acids is 3. The van der Waals surface area contributed by atoms with E-state index in [1.165, 1.54) is 24.3 Å². The van der Waals surface area contributed by atoms with E-state index >= 15 is 0 Å². The van der Waals surface area contributed by atoms with Crippen molar-refractivity contribution in [2.75, 3.05) is 18.1 Å². The van der Waals surface area contributed by atoms with E-state index in [1.54, 1.807) is 6.92 Å². The lowest BCUT2D eigenvalue weighted by molar-refractivity contribution is -0.136. The summed E-state index contributed by atoms with van der Waals surface area (Å²) in [6.07, 6.45) is 2.00. The normalized spacial score (nSPS) is 27.9. The molecule has 0 unspecified atom stereocenters. The highest BCUT2D eigenvalue weighted by atomic mass is 32.2. The molecule has 30 heavy (non-hydrogen) atoms. The van der Waals surface area contributed by atoms with Gasteiger partial charge >= 0.3 is 6.03 Å². The van der Waals surface area contributed by atoms with Crippen molar-refractivity contribution in [1.29, 1.82) is 0 Å². The van der Waals surface area contributed by atoms with Crippen LogP contribution in [0, 0.1) is 5.82 Å². The van der Waals surface area contributed by atoms with Gasteiger partial charge in [-0.1, -0.05) is 31.9 Å². The second kappa shape index (κ2) is 7.98. The van der Waals surface area contributed by atoms with Crippen molar-refractivity contribution < 1.29 is 27.2 Å². The van der Waals surface area contributed by atoms with Crippen molar-refractivity contribution in [3.8, 4) is 0 Å². The van der Waals surface area contributed by atoms with Gasteiger partial charge in [0.2, 0.25) is 5.91 Å². The van der Waals surface area contributed by atoms with Gasteiger partial charge in [-0.25, -0.2) is 17.6 Å². The number of benzene rings is 1. The number of imide groups is 1. The topological polar surface area (TPSA) is 113 Å². The van der Waals surface area contributed by atoms with Gasteiger partial charge in [-0.15, -0.1) is 0 Å². The summed E-state index contributed by atoms with van der Waals surface area (Å²) < 4.78 is 36.9. The highest BCUT2D eigenvalue weighted by molar-refractivity contribution is 7.91. The van der Waals surface area contributed by atoms with Gasteiger partial charge in [0, 0.05) is 0 Å². The number of amides is 4. The van der Waals surface area contributed by atoms with Crippen LogP contribution in [0.25, 0.3) is 0 Å². The second-order valence-electron chi connectivity index (χ2n) is 8.29. The molecule has 2 atom stereocenters. The molecule has 0 radical (unpaired) electrons. The Morgan fingerprint density at radius 3 is 2.50 bits per heavy atom. The van der Waals surface area contributed by atoms with Crippen LogP contribution in [0.3, 0.4) is 0 Å². The first-order chi connectivity index (χ1) is 14.0. The standard InChI is InChI=1S/C20H26FN3O5S/c1-3-4-9-20(14-5-7-15(21)8-6-14)17(26)24(18(27)23-20)12-16(25)22-19(2)10-11-30(28,29)13-19/h5-8H,3-4,9-13H2,1-2H3,(H,22,25)(H,23,27)/t19-,20-/m1/s1. The molecule has 4 amide bonds. The van der Waals surface area contributed by atoms with Gasteiger partial charge in [0.1, 0.15) is 17.9 Å². The van der Waals surface area contributed by atoms with Crippen LogP contribution in [0.5, 0.6) is 0 Å². The molecule has 0 aliphatic carbocycles. The number of nitrogens with zero attached hydrogens (tertiary/aromatic N) is 1. The van der Waals surface area contributed by atoms with Gasteiger partial charge in [0.15, 0.2) is 9.84 Å². The number of rotatable bonds is 7. The zero-order chi connectivity index (χ0) is 22.2. The Morgan fingerprint density at radius 2 is 1.93 bits per heavy atom. The molecule has 2 aliphatic heterocycles. The maximum absolute atomic E-state index is 13.4. The van der Waals surface area contributed by atoms with E-state index in [-0.39, 0.29) is 17.9 Å². The van der Waals surface area contributed by atoms with Gasteiger partial charge in [0.05, 0.1) is 17.0 Å². The molecule has 1 aromatic carbocycles. The van der Waals surface area contributed by atoms with E-state index in [4.69, 9.17) is 0 Å². The fraction of sp³-hybridized carbons (Fsp3) is 0.550. The number of nitrogens with one attached hydrogen (secondary N) is 2. The summed E-state index contributed by atoms with van der Waals surface area (Å²) in [6, 6.07) is 4.65. The molecule has 0 aromatic heterocycles. The largest absolute Gasteiger partial charge is 0.348 e. The molecule has 8 nitrogen and oxygen atoms in total. The molecule has 164 valence electrons. The molecular formula is C20H26FN3O5S. The zero-order valence-corrected chi connectivity index (χ0v) is 17.9. The van der Waals surface area contributed by atoms with Gasteiger partial charge in [-0.2, -0.15) is 0 Å². The first kappa shape index (κ1) is 22.2. The number of unbranched alkanes of at least 4 members (excludes halogenated alkanes) is 1. The summed E-state index contributed by atoms with van der Waals surface area (Å²) in [4.78, 5) is 39.2. The van der Waals surface area contributed by atoms with E-state index in [0.717, 1.165) is 11.3 Å². The van der Waals surface area contributed by atoms with Crippen LogP contribution in [0.2, 0.25) is 0 Å². The molecule has 0 saturated carbocycles. The molecular weight excluding hydrogens is 413 g/mol. The predicted octanol–water partition coefficient (Wildman–Crippen LogP) is 1.46. The number of carbonyl (C=O) groups is 3. The van der Waals surface area contributed by atoms with Crippen molar-refractivity contribution in [3.05, 3.63) is 35.6 Å². The van der Waals surface area contributed by atoms with Crippen molar-refractivity contribution in [3.63, 3.8) is 0 Å². The monoisotopic (exact) mass is 439 g/mol. The average Bonchev–Trinajstić information content (AvgIpc) is 3.07. The summed E-state index contributed by atoms with van der Waals surface area (Å²) in [5, 5.41) is 5.35. The van der Waals surface area contributed by atoms with Crippen LogP contribution in [-0.2, 0) is 25.0 Å². The van der Waals surface area contributed by atoms with Gasteiger partial charge in [-0.05, 0) is 37.5 Å². The molecule has 0 spiro atoms. The Balaban J connectivity index is 1.79. The third-order valence-electron chi connectivity index (χ3n) is 5.66. The first-order valence-corrected chi connectivity index (χ1v) is 11.7. The lowest BCUT2D eigenvalue weighted by Crippen LogP contribution is -2.51. The van der Waals surface area contributed by atoms with Crippen molar-refractivity contribution in [2.45, 2.75) is 50.6 Å². The number of sulfone groups is 1. The van der Waals surface area contributed by atoms with Gasteiger partial charge < -0.3 is 10.6 Å². The minimum absolute atomic E-state index is 0.0163. The molecule has 2 N–H and O–H groups in total. The van der Waals surface area contributed by atoms with E-state index in [0.29, 0.717) is 18.4 Å². The third kappa shape index (κ3) is 4.33. The van der Waals surface area contributed by atoms with E-state index in [1.807, 2.05) is 6.92 Å². The Hall–Kier alpha value is -2.49. The molecule has 2 fully saturated rings. The average molecular weight is 440 g/mol. The molecule has 2 aliphatic rings. The molecule has 1 aromatic rings. The van der Waals surface area contributed by atoms with E-state index < -0.39 is 51.1 Å². The van der Waals surface area contributed by atoms with Crippen LogP contribution in [0.15, 0.2) is 24.3 Å². The van der Waals surface area contributed by atoms with E-state index in [9.17, 15) is 27.2 Å². The van der Waals surface area contributed by atoms with Crippen molar-refractivity contribution in [2.24, 2.45) is 0 Å². The van der Waals surface area contributed by atoms with Crippen LogP contribution < -0.4 is 10.6 Å². The van der Waals surface area contributed by atoms with Crippen LogP contribution >= 0.6 is 0 Å². The van der Waals surface area contributed by atoms with Crippen LogP contribution in [0.1, 0.15) is 45.1 Å². The number of urea groups is 1. The Kier molecular flexibility index (Phi) is 5.90. The summed E-state index contributed by atoms with van der Waals surface area (Å²) in [5.74, 6) is -1.84. The van der Waals surface area contributed by atoms with Crippen LogP contribution in [-0.4, -0.2) is 54.8 Å². The lowest BCUT2D eigenvalue weighted by atomic mass is 9.85. The Labute approximate surface area is 175 Å². The minimum atomic E-state index is -3.22. The number of hydrogen-bond acceptors (Lipinski definition) is 5. The molecule has 2 saturated heterocycles. The quantitative estimate of drug-likeness (QED) is 0.625. The molecule has 0 bridgehead atoms. The minimum Gasteiger partial charge on any atom is -0.348 e. The molecule has 10 heteroatoms. The zero-order valence-electron chi connectivity index (χ0n) is 17.0. The second-order valence-corrected chi connectivity index (χ2v) is 10.5. The highest BCUT2D eigenvalue weighted by Gasteiger charge is 2.52.